The number of hydrogen-bond acceptors (Lipinski definition) is 4. The highest BCUT2D eigenvalue weighted by molar-refractivity contribution is 6.32. The summed E-state index contributed by atoms with van der Waals surface area (Å²) >= 11 is 6.13. The molecule has 0 aliphatic carbocycles. The molecule has 0 saturated carbocycles. The minimum atomic E-state index is -1.04. The van der Waals surface area contributed by atoms with Gasteiger partial charge in [-0.1, -0.05) is 24.6 Å². The maximum absolute atomic E-state index is 11.4. The monoisotopic (exact) mass is 321 g/mol. The Morgan fingerprint density at radius 3 is 2.73 bits per heavy atom. The van der Waals surface area contributed by atoms with Gasteiger partial charge in [-0.25, -0.2) is 4.79 Å². The van der Waals surface area contributed by atoms with E-state index in [4.69, 9.17) is 20.8 Å². The van der Waals surface area contributed by atoms with Crippen molar-refractivity contribution in [2.75, 3.05) is 14.2 Å². The Balaban J connectivity index is 2.46. The molecule has 1 aromatic carbocycles. The SMILES string of the molecule is C/N=C/c1cc(C(=O)O)c(C(C)c2ccc(OC)c(Cl)c2)o1. The van der Waals surface area contributed by atoms with Crippen molar-refractivity contribution in [1.82, 2.24) is 0 Å². The molecule has 116 valence electrons. The van der Waals surface area contributed by atoms with E-state index in [1.807, 2.05) is 13.0 Å². The first-order valence-electron chi connectivity index (χ1n) is 6.60. The van der Waals surface area contributed by atoms with Gasteiger partial charge in [0.05, 0.1) is 18.3 Å². The van der Waals surface area contributed by atoms with Gasteiger partial charge >= 0.3 is 5.97 Å². The van der Waals surface area contributed by atoms with Crippen molar-refractivity contribution in [3.05, 3.63) is 51.9 Å². The quantitative estimate of drug-likeness (QED) is 0.849. The summed E-state index contributed by atoms with van der Waals surface area (Å²) in [5, 5.41) is 9.79. The molecule has 1 N–H and O–H groups in total. The number of hydrogen-bond donors (Lipinski definition) is 1. The molecule has 0 saturated heterocycles. The first-order valence-corrected chi connectivity index (χ1v) is 6.98. The van der Waals surface area contributed by atoms with E-state index < -0.39 is 5.97 Å². The van der Waals surface area contributed by atoms with E-state index >= 15 is 0 Å². The smallest absolute Gasteiger partial charge is 0.339 e. The van der Waals surface area contributed by atoms with Crippen LogP contribution in [0, 0.1) is 0 Å². The third kappa shape index (κ3) is 3.14. The summed E-state index contributed by atoms with van der Waals surface area (Å²) in [7, 11) is 3.13. The Morgan fingerprint density at radius 2 is 2.18 bits per heavy atom. The zero-order chi connectivity index (χ0) is 16.3. The normalized spacial score (nSPS) is 12.5. The van der Waals surface area contributed by atoms with E-state index in [1.54, 1.807) is 19.2 Å². The number of carbonyl (C=O) groups is 1. The fraction of sp³-hybridized carbons (Fsp3) is 0.250. The first kappa shape index (κ1) is 16.1. The molecule has 0 aliphatic heterocycles. The highest BCUT2D eigenvalue weighted by atomic mass is 35.5. The molecule has 0 bridgehead atoms. The van der Waals surface area contributed by atoms with E-state index in [1.165, 1.54) is 19.4 Å². The van der Waals surface area contributed by atoms with Gasteiger partial charge in [0.1, 0.15) is 22.8 Å². The second kappa shape index (κ2) is 6.66. The number of aliphatic imine (C=N–C) groups is 1. The van der Waals surface area contributed by atoms with Crippen molar-refractivity contribution in [3.8, 4) is 5.75 Å². The lowest BCUT2D eigenvalue weighted by atomic mass is 9.96. The van der Waals surface area contributed by atoms with Crippen LogP contribution in [-0.4, -0.2) is 31.4 Å². The van der Waals surface area contributed by atoms with Crippen LogP contribution in [0.2, 0.25) is 5.02 Å². The fourth-order valence-corrected chi connectivity index (χ4v) is 2.47. The summed E-state index contributed by atoms with van der Waals surface area (Å²) < 4.78 is 10.7. The highest BCUT2D eigenvalue weighted by Crippen LogP contribution is 2.33. The molecular formula is C16H16ClNO4. The Hall–Kier alpha value is -2.27. The molecule has 2 aromatic rings. The lowest BCUT2D eigenvalue weighted by Gasteiger charge is -2.12. The van der Waals surface area contributed by atoms with Crippen LogP contribution in [0.25, 0.3) is 0 Å². The number of methoxy groups -OCH3 is 1. The third-order valence-electron chi connectivity index (χ3n) is 3.34. The first-order chi connectivity index (χ1) is 10.5. The van der Waals surface area contributed by atoms with E-state index in [0.717, 1.165) is 5.56 Å². The molecular weight excluding hydrogens is 306 g/mol. The van der Waals surface area contributed by atoms with Gasteiger partial charge in [0.25, 0.3) is 0 Å². The second-order valence-corrected chi connectivity index (χ2v) is 5.14. The van der Waals surface area contributed by atoms with E-state index in [-0.39, 0.29) is 11.5 Å². The predicted molar refractivity (Wildman–Crippen MR) is 84.7 cm³/mol. The maximum atomic E-state index is 11.4. The van der Waals surface area contributed by atoms with Crippen molar-refractivity contribution in [2.45, 2.75) is 12.8 Å². The van der Waals surface area contributed by atoms with Crippen molar-refractivity contribution in [3.63, 3.8) is 0 Å². The number of ether oxygens (including phenoxy) is 1. The Bertz CT molecular complexity index is 721. The predicted octanol–water partition coefficient (Wildman–Crippen LogP) is 3.84. The van der Waals surface area contributed by atoms with Gasteiger partial charge in [0, 0.05) is 19.0 Å². The van der Waals surface area contributed by atoms with Gasteiger partial charge in [-0.3, -0.25) is 4.99 Å². The van der Waals surface area contributed by atoms with Crippen molar-refractivity contribution in [2.24, 2.45) is 4.99 Å². The van der Waals surface area contributed by atoms with Crippen LogP contribution in [0.3, 0.4) is 0 Å². The number of carboxylic acids is 1. The second-order valence-electron chi connectivity index (χ2n) is 4.73. The molecule has 0 aliphatic rings. The van der Waals surface area contributed by atoms with Crippen LogP contribution >= 0.6 is 11.6 Å². The van der Waals surface area contributed by atoms with Crippen LogP contribution < -0.4 is 4.74 Å². The summed E-state index contributed by atoms with van der Waals surface area (Å²) in [5.41, 5.74) is 0.956. The highest BCUT2D eigenvalue weighted by Gasteiger charge is 2.23. The fourth-order valence-electron chi connectivity index (χ4n) is 2.21. The molecule has 5 nitrogen and oxygen atoms in total. The maximum Gasteiger partial charge on any atom is 0.339 e. The summed E-state index contributed by atoms with van der Waals surface area (Å²) in [4.78, 5) is 15.2. The zero-order valence-electron chi connectivity index (χ0n) is 12.5. The Morgan fingerprint density at radius 1 is 1.45 bits per heavy atom. The number of carboxylic acid groups (broad SMARTS) is 1. The third-order valence-corrected chi connectivity index (χ3v) is 3.63. The van der Waals surface area contributed by atoms with E-state index in [0.29, 0.717) is 22.3 Å². The number of furan rings is 1. The summed E-state index contributed by atoms with van der Waals surface area (Å²) in [6, 6.07) is 6.78. The lowest BCUT2D eigenvalue weighted by Crippen LogP contribution is -2.03. The van der Waals surface area contributed by atoms with Gasteiger partial charge in [-0.2, -0.15) is 0 Å². The Kier molecular flexibility index (Phi) is 4.88. The molecule has 0 spiro atoms. The Labute approximate surface area is 133 Å². The van der Waals surface area contributed by atoms with Gasteiger partial charge in [-0.05, 0) is 17.7 Å². The number of halogens is 1. The van der Waals surface area contributed by atoms with Gasteiger partial charge in [0.15, 0.2) is 0 Å². The molecule has 1 heterocycles. The minimum Gasteiger partial charge on any atom is -0.495 e. The average molecular weight is 322 g/mol. The molecule has 1 atom stereocenters. The largest absolute Gasteiger partial charge is 0.495 e. The van der Waals surface area contributed by atoms with Crippen LogP contribution in [0.4, 0.5) is 0 Å². The molecule has 2 rings (SSSR count). The standard InChI is InChI=1S/C16H16ClNO4/c1-9(10-4-5-14(21-3)13(17)6-10)15-12(16(19)20)7-11(22-15)8-18-2/h4-9H,1-3H3,(H,19,20)/b18-8+. The van der Waals surface area contributed by atoms with Crippen LogP contribution in [0.5, 0.6) is 5.75 Å². The molecule has 6 heteroatoms. The minimum absolute atomic E-state index is 0.120. The van der Waals surface area contributed by atoms with E-state index in [2.05, 4.69) is 4.99 Å². The van der Waals surface area contributed by atoms with Crippen molar-refractivity contribution >= 4 is 23.8 Å². The summed E-state index contributed by atoms with van der Waals surface area (Å²) in [5.74, 6) is 0.0220. The average Bonchev–Trinajstić information content (AvgIpc) is 2.91. The summed E-state index contributed by atoms with van der Waals surface area (Å²) in [6.45, 7) is 1.86. The van der Waals surface area contributed by atoms with E-state index in [9.17, 15) is 9.90 Å². The number of benzene rings is 1. The summed E-state index contributed by atoms with van der Waals surface area (Å²) in [6.07, 6.45) is 1.48. The van der Waals surface area contributed by atoms with Gasteiger partial charge in [-0.15, -0.1) is 0 Å². The molecule has 0 fully saturated rings. The van der Waals surface area contributed by atoms with Gasteiger partial charge < -0.3 is 14.3 Å². The molecule has 22 heavy (non-hydrogen) atoms. The van der Waals surface area contributed by atoms with Crippen LogP contribution in [0.15, 0.2) is 33.7 Å². The number of nitrogens with zero attached hydrogens (tertiary/aromatic N) is 1. The van der Waals surface area contributed by atoms with Crippen LogP contribution in [-0.2, 0) is 0 Å². The molecule has 0 radical (unpaired) electrons. The number of aromatic carboxylic acids is 1. The molecule has 1 aromatic heterocycles. The molecule has 0 amide bonds. The van der Waals surface area contributed by atoms with Crippen molar-refractivity contribution in [1.29, 1.82) is 0 Å². The van der Waals surface area contributed by atoms with Gasteiger partial charge in [0.2, 0.25) is 0 Å². The lowest BCUT2D eigenvalue weighted by molar-refractivity contribution is 0.0694. The van der Waals surface area contributed by atoms with Crippen LogP contribution in [0.1, 0.15) is 40.3 Å². The topological polar surface area (TPSA) is 72.0 Å². The van der Waals surface area contributed by atoms with Crippen molar-refractivity contribution < 1.29 is 19.1 Å². The zero-order valence-corrected chi connectivity index (χ0v) is 13.2. The number of rotatable bonds is 5. The molecule has 1 unspecified atom stereocenters.